The number of fused-ring (bicyclic) bond motifs is 2. The van der Waals surface area contributed by atoms with Gasteiger partial charge in [-0.15, -0.1) is 11.3 Å². The molecule has 4 heterocycles. The van der Waals surface area contributed by atoms with E-state index in [9.17, 15) is 18.4 Å². The average molecular weight is 426 g/mol. The Kier molecular flexibility index (Phi) is 4.35. The number of benzene rings is 1. The summed E-state index contributed by atoms with van der Waals surface area (Å²) in [7, 11) is 0. The van der Waals surface area contributed by atoms with Crippen LogP contribution in [0.15, 0.2) is 47.7 Å². The van der Waals surface area contributed by atoms with Crippen LogP contribution in [0.3, 0.4) is 0 Å². The number of nitrogens with one attached hydrogen (secondary N) is 1. The van der Waals surface area contributed by atoms with E-state index in [1.54, 1.807) is 18.3 Å². The van der Waals surface area contributed by atoms with Crippen molar-refractivity contribution < 1.29 is 13.6 Å². The maximum Gasteiger partial charge on any atom is 0.277 e. The Morgan fingerprint density at radius 3 is 2.77 bits per heavy atom. The summed E-state index contributed by atoms with van der Waals surface area (Å²) in [5.41, 5.74) is 2.09. The molecule has 4 aromatic rings. The summed E-state index contributed by atoms with van der Waals surface area (Å²) in [6, 6.07) is 9.31. The van der Waals surface area contributed by atoms with E-state index in [0.717, 1.165) is 21.2 Å². The Balaban J connectivity index is 1.53. The summed E-state index contributed by atoms with van der Waals surface area (Å²) in [5.74, 6) is -2.91. The lowest BCUT2D eigenvalue weighted by atomic mass is 10.1. The predicted molar refractivity (Wildman–Crippen MR) is 111 cm³/mol. The van der Waals surface area contributed by atoms with Crippen LogP contribution in [-0.2, 0) is 0 Å². The molecule has 1 N–H and O–H groups in total. The molecule has 5 rings (SSSR count). The van der Waals surface area contributed by atoms with Crippen molar-refractivity contribution in [3.8, 4) is 11.1 Å². The SMILES string of the molecule is O=C(c1cc2cccc(-c3cnc4c(=O)[nH]cnc4c3)c2s1)N1CCC(F)(F)CC1. The molecule has 1 fully saturated rings. The number of hydrogen-bond donors (Lipinski definition) is 1. The van der Waals surface area contributed by atoms with Crippen LogP contribution in [0.1, 0.15) is 22.5 Å². The Morgan fingerprint density at radius 2 is 1.97 bits per heavy atom. The molecule has 1 aromatic carbocycles. The molecule has 0 unspecified atom stereocenters. The van der Waals surface area contributed by atoms with Crippen molar-refractivity contribution in [1.29, 1.82) is 0 Å². The zero-order chi connectivity index (χ0) is 20.9. The number of likely N-dealkylation sites (tertiary alicyclic amines) is 1. The molecule has 1 aliphatic heterocycles. The first-order chi connectivity index (χ1) is 14.4. The molecule has 0 spiro atoms. The molecule has 1 aliphatic rings. The summed E-state index contributed by atoms with van der Waals surface area (Å²) in [6.45, 7) is 0.115. The van der Waals surface area contributed by atoms with Gasteiger partial charge < -0.3 is 9.88 Å². The van der Waals surface area contributed by atoms with Crippen LogP contribution in [0, 0.1) is 0 Å². The topological polar surface area (TPSA) is 79.0 Å². The van der Waals surface area contributed by atoms with Gasteiger partial charge in [-0.3, -0.25) is 9.59 Å². The third-order valence-corrected chi connectivity index (χ3v) is 6.50. The van der Waals surface area contributed by atoms with Gasteiger partial charge in [-0.1, -0.05) is 18.2 Å². The van der Waals surface area contributed by atoms with Crippen LogP contribution < -0.4 is 5.56 Å². The number of rotatable bonds is 2. The van der Waals surface area contributed by atoms with Gasteiger partial charge in [-0.05, 0) is 17.5 Å². The lowest BCUT2D eigenvalue weighted by Gasteiger charge is -2.31. The molecule has 0 radical (unpaired) electrons. The number of thiophene rings is 1. The van der Waals surface area contributed by atoms with Crippen molar-refractivity contribution in [1.82, 2.24) is 19.9 Å². The number of carbonyl (C=O) groups is 1. The van der Waals surface area contributed by atoms with E-state index in [-0.39, 0.29) is 42.9 Å². The zero-order valence-electron chi connectivity index (χ0n) is 15.7. The number of halogens is 2. The van der Waals surface area contributed by atoms with Gasteiger partial charge in [0, 0.05) is 48.0 Å². The molecule has 9 heteroatoms. The van der Waals surface area contributed by atoms with E-state index in [2.05, 4.69) is 15.0 Å². The molecule has 152 valence electrons. The zero-order valence-corrected chi connectivity index (χ0v) is 16.5. The minimum atomic E-state index is -2.69. The largest absolute Gasteiger partial charge is 0.338 e. The normalized spacial score (nSPS) is 16.3. The van der Waals surface area contributed by atoms with Crippen LogP contribution in [0.2, 0.25) is 0 Å². The molecular formula is C21H16F2N4O2S. The lowest BCUT2D eigenvalue weighted by molar-refractivity contribution is -0.0493. The Labute approximate surface area is 173 Å². The fourth-order valence-corrected chi connectivity index (χ4v) is 4.85. The highest BCUT2D eigenvalue weighted by Gasteiger charge is 2.36. The van der Waals surface area contributed by atoms with E-state index < -0.39 is 5.92 Å². The second-order valence-electron chi connectivity index (χ2n) is 7.31. The van der Waals surface area contributed by atoms with Gasteiger partial charge in [0.05, 0.1) is 16.7 Å². The average Bonchev–Trinajstić information content (AvgIpc) is 3.17. The van der Waals surface area contributed by atoms with Crippen LogP contribution in [0.25, 0.3) is 32.2 Å². The number of alkyl halides is 2. The molecule has 1 amide bonds. The highest BCUT2D eigenvalue weighted by molar-refractivity contribution is 7.21. The van der Waals surface area contributed by atoms with Crippen LogP contribution >= 0.6 is 11.3 Å². The van der Waals surface area contributed by atoms with Crippen molar-refractivity contribution in [2.75, 3.05) is 13.1 Å². The fraction of sp³-hybridized carbons (Fsp3) is 0.238. The number of hydrogen-bond acceptors (Lipinski definition) is 5. The summed E-state index contributed by atoms with van der Waals surface area (Å²) in [5, 5.41) is 0.891. The fourth-order valence-electron chi connectivity index (χ4n) is 3.69. The third kappa shape index (κ3) is 3.24. The minimum Gasteiger partial charge on any atom is -0.338 e. The summed E-state index contributed by atoms with van der Waals surface area (Å²) in [4.78, 5) is 37.7. The number of aromatic amines is 1. The van der Waals surface area contributed by atoms with Crippen LogP contribution in [-0.4, -0.2) is 44.8 Å². The number of piperidine rings is 1. The lowest BCUT2D eigenvalue weighted by Crippen LogP contribution is -2.42. The first kappa shape index (κ1) is 18.8. The van der Waals surface area contributed by atoms with E-state index in [4.69, 9.17) is 0 Å². The Morgan fingerprint density at radius 1 is 1.17 bits per heavy atom. The molecular weight excluding hydrogens is 410 g/mol. The summed E-state index contributed by atoms with van der Waals surface area (Å²) >= 11 is 1.33. The predicted octanol–water partition coefficient (Wildman–Crippen LogP) is 4.07. The summed E-state index contributed by atoms with van der Waals surface area (Å²) < 4.78 is 27.7. The van der Waals surface area contributed by atoms with E-state index >= 15 is 0 Å². The van der Waals surface area contributed by atoms with Gasteiger partial charge >= 0.3 is 0 Å². The molecule has 0 atom stereocenters. The molecule has 30 heavy (non-hydrogen) atoms. The van der Waals surface area contributed by atoms with Crippen molar-refractivity contribution in [3.05, 3.63) is 58.1 Å². The molecule has 0 bridgehead atoms. The van der Waals surface area contributed by atoms with Crippen molar-refractivity contribution in [2.24, 2.45) is 0 Å². The molecule has 0 aliphatic carbocycles. The van der Waals surface area contributed by atoms with Gasteiger partial charge in [0.25, 0.3) is 17.4 Å². The molecule has 0 saturated carbocycles. The number of carbonyl (C=O) groups excluding carboxylic acids is 1. The van der Waals surface area contributed by atoms with E-state index in [1.165, 1.54) is 22.6 Å². The standard InChI is InChI=1S/C21H16F2N4O2S/c22-21(23)4-6-27(7-5-21)20(29)16-9-12-2-1-3-14(18(12)30-16)13-8-15-17(24-10-13)19(28)26-11-25-15/h1-3,8-11H,4-7H2,(H,25,26,28). The second kappa shape index (κ2) is 6.94. The quantitative estimate of drug-likeness (QED) is 0.524. The first-order valence-electron chi connectivity index (χ1n) is 9.45. The van der Waals surface area contributed by atoms with Gasteiger partial charge in [-0.2, -0.15) is 0 Å². The van der Waals surface area contributed by atoms with Crippen LogP contribution in [0.4, 0.5) is 8.78 Å². The minimum absolute atomic E-state index is 0.0573. The Bertz CT molecular complexity index is 1340. The van der Waals surface area contributed by atoms with Crippen molar-refractivity contribution >= 4 is 38.4 Å². The smallest absolute Gasteiger partial charge is 0.277 e. The molecule has 1 saturated heterocycles. The number of pyridine rings is 1. The number of nitrogens with zero attached hydrogens (tertiary/aromatic N) is 3. The second-order valence-corrected chi connectivity index (χ2v) is 8.36. The highest BCUT2D eigenvalue weighted by Crippen LogP contribution is 2.36. The molecule has 6 nitrogen and oxygen atoms in total. The molecule has 3 aromatic heterocycles. The Hall–Kier alpha value is -3.20. The van der Waals surface area contributed by atoms with E-state index in [1.807, 2.05) is 18.2 Å². The number of H-pyrrole nitrogens is 1. The van der Waals surface area contributed by atoms with Gasteiger partial charge in [0.15, 0.2) is 5.52 Å². The van der Waals surface area contributed by atoms with Crippen LogP contribution in [0.5, 0.6) is 0 Å². The summed E-state index contributed by atoms with van der Waals surface area (Å²) in [6.07, 6.45) is 2.34. The number of amides is 1. The van der Waals surface area contributed by atoms with Crippen molar-refractivity contribution in [3.63, 3.8) is 0 Å². The van der Waals surface area contributed by atoms with Gasteiger partial charge in [-0.25, -0.2) is 18.7 Å². The van der Waals surface area contributed by atoms with Gasteiger partial charge in [0.1, 0.15) is 0 Å². The monoisotopic (exact) mass is 426 g/mol. The number of aromatic nitrogens is 3. The highest BCUT2D eigenvalue weighted by atomic mass is 32.1. The van der Waals surface area contributed by atoms with Crippen molar-refractivity contribution in [2.45, 2.75) is 18.8 Å². The first-order valence-corrected chi connectivity index (χ1v) is 10.3. The maximum absolute atomic E-state index is 13.4. The maximum atomic E-state index is 13.4. The van der Waals surface area contributed by atoms with Gasteiger partial charge in [0.2, 0.25) is 0 Å². The van der Waals surface area contributed by atoms with E-state index in [0.29, 0.717) is 10.4 Å². The third-order valence-electron chi connectivity index (χ3n) is 5.33.